The van der Waals surface area contributed by atoms with E-state index in [1.165, 1.54) is 0 Å². The van der Waals surface area contributed by atoms with E-state index in [2.05, 4.69) is 11.9 Å². The van der Waals surface area contributed by atoms with E-state index < -0.39 is 0 Å². The van der Waals surface area contributed by atoms with Crippen molar-refractivity contribution in [3.05, 3.63) is 66.2 Å². The van der Waals surface area contributed by atoms with Crippen molar-refractivity contribution in [2.24, 2.45) is 0 Å². The number of hydrogen-bond donors (Lipinski definition) is 0. The lowest BCUT2D eigenvalue weighted by Gasteiger charge is -2.25. The second-order valence-electron chi connectivity index (χ2n) is 9.45. The third kappa shape index (κ3) is 6.89. The normalized spacial score (nSPS) is 15.0. The van der Waals surface area contributed by atoms with Gasteiger partial charge in [-0.05, 0) is 68.9 Å². The predicted octanol–water partition coefficient (Wildman–Crippen LogP) is 6.17. The molecule has 0 aromatic heterocycles. The molecule has 2 aliphatic heterocycles. The van der Waals surface area contributed by atoms with Crippen LogP contribution in [0, 0.1) is 0 Å². The number of para-hydroxylation sites is 1. The van der Waals surface area contributed by atoms with Crippen molar-refractivity contribution >= 4 is 35.8 Å². The number of ether oxygens (including phenoxy) is 5. The van der Waals surface area contributed by atoms with Gasteiger partial charge in [-0.15, -0.1) is 12.4 Å². The van der Waals surface area contributed by atoms with Crippen LogP contribution in [-0.4, -0.2) is 58.1 Å². The lowest BCUT2D eigenvalue weighted by atomic mass is 10.1. The first-order valence-corrected chi connectivity index (χ1v) is 14.0. The Kier molecular flexibility index (Phi) is 10.3. The molecule has 1 unspecified atom stereocenters. The first-order valence-electron chi connectivity index (χ1n) is 13.1. The van der Waals surface area contributed by atoms with E-state index in [-0.39, 0.29) is 30.5 Å². The number of benzene rings is 3. The SMILES string of the molecule is COc1ccc(OCCCCN(C)CCOc2ccc3c(c2)OCO3)c(C2Sc3ccccc3N2C(C)=O)c1.Cl. The van der Waals surface area contributed by atoms with Crippen molar-refractivity contribution in [3.63, 3.8) is 0 Å². The van der Waals surface area contributed by atoms with Gasteiger partial charge < -0.3 is 28.6 Å². The zero-order valence-corrected chi connectivity index (χ0v) is 24.6. The summed E-state index contributed by atoms with van der Waals surface area (Å²) < 4.78 is 28.4. The molecule has 214 valence electrons. The lowest BCUT2D eigenvalue weighted by molar-refractivity contribution is -0.116. The molecule has 8 nitrogen and oxygen atoms in total. The van der Waals surface area contributed by atoms with Crippen molar-refractivity contribution < 1.29 is 28.5 Å². The molecule has 0 saturated carbocycles. The van der Waals surface area contributed by atoms with Crippen molar-refractivity contribution in [2.75, 3.05) is 52.2 Å². The van der Waals surface area contributed by atoms with Crippen LogP contribution in [0.25, 0.3) is 0 Å². The van der Waals surface area contributed by atoms with Gasteiger partial charge >= 0.3 is 0 Å². The quantitative estimate of drug-likeness (QED) is 0.233. The van der Waals surface area contributed by atoms with E-state index in [9.17, 15) is 4.79 Å². The van der Waals surface area contributed by atoms with Crippen LogP contribution in [-0.2, 0) is 4.79 Å². The van der Waals surface area contributed by atoms with Crippen LogP contribution in [0.5, 0.6) is 28.7 Å². The van der Waals surface area contributed by atoms with E-state index >= 15 is 0 Å². The third-order valence-corrected chi connectivity index (χ3v) is 7.98. The number of likely N-dealkylation sites (N-methyl/N-ethyl adjacent to an activating group) is 1. The van der Waals surface area contributed by atoms with Gasteiger partial charge in [0.2, 0.25) is 12.7 Å². The smallest absolute Gasteiger partial charge is 0.231 e. The Morgan fingerprint density at radius 2 is 1.77 bits per heavy atom. The third-order valence-electron chi connectivity index (χ3n) is 6.70. The van der Waals surface area contributed by atoms with Gasteiger partial charge in [0.15, 0.2) is 11.5 Å². The highest BCUT2D eigenvalue weighted by atomic mass is 35.5. The molecule has 2 aliphatic rings. The van der Waals surface area contributed by atoms with Crippen LogP contribution >= 0.6 is 24.2 Å². The summed E-state index contributed by atoms with van der Waals surface area (Å²) in [4.78, 5) is 17.8. The fourth-order valence-electron chi connectivity index (χ4n) is 4.63. The fraction of sp³-hybridized carbons (Fsp3) is 0.367. The standard InChI is InChI=1S/C30H34N2O6S.ClH/c1-21(33)32-25-8-4-5-9-29(25)39-30(32)24-18-22(34-3)10-12-26(24)36-16-7-6-14-31(2)15-17-35-23-11-13-27-28(19-23)38-20-37-27;/h4-5,8-13,18-19,30H,6-7,14-17,20H2,1-3H3;1H. The van der Waals surface area contributed by atoms with Gasteiger partial charge in [0.25, 0.3) is 0 Å². The van der Waals surface area contributed by atoms with E-state index in [0.29, 0.717) is 13.2 Å². The highest BCUT2D eigenvalue weighted by Gasteiger charge is 2.35. The van der Waals surface area contributed by atoms with E-state index in [1.54, 1.807) is 25.8 Å². The van der Waals surface area contributed by atoms with Crippen LogP contribution in [0.4, 0.5) is 5.69 Å². The van der Waals surface area contributed by atoms with Crippen LogP contribution in [0.3, 0.4) is 0 Å². The number of anilines is 1. The maximum absolute atomic E-state index is 12.6. The minimum absolute atomic E-state index is 0. The number of carbonyl (C=O) groups is 1. The van der Waals surface area contributed by atoms with Crippen LogP contribution in [0.2, 0.25) is 0 Å². The number of amides is 1. The number of hydrogen-bond acceptors (Lipinski definition) is 8. The molecule has 3 aromatic carbocycles. The zero-order valence-electron chi connectivity index (χ0n) is 23.0. The van der Waals surface area contributed by atoms with E-state index in [1.807, 2.05) is 65.6 Å². The topological polar surface area (TPSA) is 69.7 Å². The molecule has 0 fully saturated rings. The summed E-state index contributed by atoms with van der Waals surface area (Å²) in [7, 11) is 3.74. The maximum atomic E-state index is 12.6. The summed E-state index contributed by atoms with van der Waals surface area (Å²) in [5.41, 5.74) is 1.86. The van der Waals surface area contributed by atoms with Gasteiger partial charge in [0.1, 0.15) is 29.2 Å². The summed E-state index contributed by atoms with van der Waals surface area (Å²) >= 11 is 1.66. The Morgan fingerprint density at radius 3 is 2.60 bits per heavy atom. The number of nitrogens with zero attached hydrogens (tertiary/aromatic N) is 2. The summed E-state index contributed by atoms with van der Waals surface area (Å²) in [5, 5.41) is -0.208. The van der Waals surface area contributed by atoms with Crippen molar-refractivity contribution in [1.82, 2.24) is 4.90 Å². The molecule has 0 saturated heterocycles. The van der Waals surface area contributed by atoms with Crippen LogP contribution in [0.1, 0.15) is 30.7 Å². The van der Waals surface area contributed by atoms with E-state index in [0.717, 1.165) is 70.8 Å². The second kappa shape index (κ2) is 13.9. The predicted molar refractivity (Wildman–Crippen MR) is 159 cm³/mol. The molecule has 0 radical (unpaired) electrons. The summed E-state index contributed by atoms with van der Waals surface area (Å²) in [6, 6.07) is 19.4. The molecular weight excluding hydrogens is 552 g/mol. The molecule has 10 heteroatoms. The lowest BCUT2D eigenvalue weighted by Crippen LogP contribution is -2.28. The molecule has 40 heavy (non-hydrogen) atoms. The monoisotopic (exact) mass is 586 g/mol. The van der Waals surface area contributed by atoms with Crippen molar-refractivity contribution in [2.45, 2.75) is 30.0 Å². The number of carbonyl (C=O) groups excluding carboxylic acids is 1. The molecule has 0 aliphatic carbocycles. The molecule has 0 bridgehead atoms. The number of rotatable bonds is 12. The van der Waals surface area contributed by atoms with Crippen LogP contribution < -0.4 is 28.6 Å². The Bertz CT molecular complexity index is 1310. The zero-order chi connectivity index (χ0) is 27.2. The molecule has 3 aromatic rings. The molecule has 2 heterocycles. The number of thioether (sulfide) groups is 1. The largest absolute Gasteiger partial charge is 0.497 e. The molecule has 1 atom stereocenters. The second-order valence-corrected chi connectivity index (χ2v) is 10.6. The summed E-state index contributed by atoms with van der Waals surface area (Å²) in [5.74, 6) is 3.78. The minimum atomic E-state index is -0.208. The maximum Gasteiger partial charge on any atom is 0.231 e. The van der Waals surface area contributed by atoms with Crippen molar-refractivity contribution in [3.8, 4) is 28.7 Å². The van der Waals surface area contributed by atoms with Gasteiger partial charge in [-0.25, -0.2) is 0 Å². The summed E-state index contributed by atoms with van der Waals surface area (Å²) in [6.45, 7) is 4.80. The average Bonchev–Trinajstić information content (AvgIpc) is 3.57. The van der Waals surface area contributed by atoms with E-state index in [4.69, 9.17) is 23.7 Å². The molecule has 0 spiro atoms. The molecule has 5 rings (SSSR count). The number of halogens is 1. The molecular formula is C30H35ClN2O6S. The summed E-state index contributed by atoms with van der Waals surface area (Å²) in [6.07, 6.45) is 1.91. The Morgan fingerprint density at radius 1 is 0.975 bits per heavy atom. The molecule has 1 amide bonds. The van der Waals surface area contributed by atoms with Crippen molar-refractivity contribution in [1.29, 1.82) is 0 Å². The Labute approximate surface area is 245 Å². The van der Waals surface area contributed by atoms with Gasteiger partial charge in [-0.3, -0.25) is 9.69 Å². The average molecular weight is 587 g/mol. The fourth-order valence-corrected chi connectivity index (χ4v) is 6.00. The number of fused-ring (bicyclic) bond motifs is 2. The van der Waals surface area contributed by atoms with Crippen LogP contribution in [0.15, 0.2) is 65.6 Å². The molecule has 0 N–H and O–H groups in total. The Balaban J connectivity index is 0.00000370. The first-order chi connectivity index (χ1) is 19.0. The number of methoxy groups -OCH3 is 1. The highest BCUT2D eigenvalue weighted by Crippen LogP contribution is 2.53. The van der Waals surface area contributed by atoms with Gasteiger partial charge in [-0.1, -0.05) is 23.9 Å². The first kappa shape index (κ1) is 29.7. The Hall–Kier alpha value is -3.27. The van der Waals surface area contributed by atoms with Gasteiger partial charge in [-0.2, -0.15) is 0 Å². The van der Waals surface area contributed by atoms with Gasteiger partial charge in [0.05, 0.1) is 19.4 Å². The number of unbranched alkanes of at least 4 members (excludes halogenated alkanes) is 1. The highest BCUT2D eigenvalue weighted by molar-refractivity contribution is 8.00. The van der Waals surface area contributed by atoms with Gasteiger partial charge in [0, 0.05) is 30.0 Å². The minimum Gasteiger partial charge on any atom is -0.497 e.